The molecule has 0 saturated carbocycles. The van der Waals surface area contributed by atoms with Crippen molar-refractivity contribution in [3.8, 4) is 0 Å². The molecular formula is C19H29N5O8. The summed E-state index contributed by atoms with van der Waals surface area (Å²) in [6, 6.07) is -0.812. The van der Waals surface area contributed by atoms with Crippen LogP contribution in [0.2, 0.25) is 0 Å². The summed E-state index contributed by atoms with van der Waals surface area (Å²) in [4.78, 5) is 69.4. The summed E-state index contributed by atoms with van der Waals surface area (Å²) in [5, 5.41) is 7.36. The number of carbonyl (C=O) groups excluding carboxylic acids is 6. The number of hydrogen-bond acceptors (Lipinski definition) is 8. The normalized spacial score (nSPS) is 13.7. The number of rotatable bonds is 16. The van der Waals surface area contributed by atoms with E-state index in [0.717, 1.165) is 17.1 Å². The van der Waals surface area contributed by atoms with Crippen LogP contribution in [0.4, 0.5) is 0 Å². The lowest BCUT2D eigenvalue weighted by atomic mass is 10.3. The summed E-state index contributed by atoms with van der Waals surface area (Å²) >= 11 is 0. The van der Waals surface area contributed by atoms with Crippen molar-refractivity contribution < 1.29 is 38.2 Å². The molecule has 1 aliphatic heterocycles. The zero-order valence-electron chi connectivity index (χ0n) is 17.9. The SMILES string of the molecule is C[C@@H](NC(=O)CCOCCOCCNC(=O)CCN1C(=O)C=CC1=O)C(=O)NCC(N)=O. The lowest BCUT2D eigenvalue weighted by Gasteiger charge is -2.13. The first-order chi connectivity index (χ1) is 15.2. The predicted octanol–water partition coefficient (Wildman–Crippen LogP) is -3.05. The summed E-state index contributed by atoms with van der Waals surface area (Å²) < 4.78 is 10.5. The number of nitrogens with two attached hydrogens (primary N) is 1. The topological polar surface area (TPSA) is 186 Å². The van der Waals surface area contributed by atoms with Gasteiger partial charge in [-0.15, -0.1) is 0 Å². The third kappa shape index (κ3) is 11.2. The molecule has 0 unspecified atom stereocenters. The molecule has 0 fully saturated rings. The van der Waals surface area contributed by atoms with Crippen LogP contribution >= 0.6 is 0 Å². The molecule has 13 nitrogen and oxygen atoms in total. The molecule has 178 valence electrons. The standard InChI is InChI=1S/C19H29N5O8/c1-13(19(30)22-12-14(20)25)23-16(27)5-8-31-10-11-32-9-6-21-15(26)4-7-24-17(28)2-3-18(24)29/h2-3,13H,4-12H2,1H3,(H2,20,25)(H,21,26)(H,22,30)(H,23,27)/t13-/m1/s1. The molecule has 1 rings (SSSR count). The average Bonchev–Trinajstić information content (AvgIpc) is 3.06. The van der Waals surface area contributed by atoms with E-state index in [1.54, 1.807) is 0 Å². The van der Waals surface area contributed by atoms with Gasteiger partial charge in [0.1, 0.15) is 6.04 Å². The fourth-order valence-electron chi connectivity index (χ4n) is 2.41. The van der Waals surface area contributed by atoms with E-state index in [2.05, 4.69) is 16.0 Å². The molecule has 0 radical (unpaired) electrons. The first-order valence-corrected chi connectivity index (χ1v) is 10.0. The highest BCUT2D eigenvalue weighted by atomic mass is 16.5. The number of imide groups is 1. The number of amides is 6. The number of primary amides is 1. The van der Waals surface area contributed by atoms with E-state index >= 15 is 0 Å². The lowest BCUT2D eigenvalue weighted by Crippen LogP contribution is -2.47. The summed E-state index contributed by atoms with van der Waals surface area (Å²) in [5.74, 6) is -2.74. The molecule has 0 spiro atoms. The minimum atomic E-state index is -0.812. The Labute approximate surface area is 185 Å². The Balaban J connectivity index is 1.96. The van der Waals surface area contributed by atoms with Crippen LogP contribution in [0.15, 0.2) is 12.2 Å². The van der Waals surface area contributed by atoms with Crippen molar-refractivity contribution in [2.45, 2.75) is 25.8 Å². The quantitative estimate of drug-likeness (QED) is 0.140. The number of nitrogens with zero attached hydrogens (tertiary/aromatic N) is 1. The van der Waals surface area contributed by atoms with Gasteiger partial charge in [0.05, 0.1) is 33.0 Å². The highest BCUT2D eigenvalue weighted by molar-refractivity contribution is 6.13. The summed E-state index contributed by atoms with van der Waals surface area (Å²) in [6.45, 7) is 2.33. The molecule has 6 amide bonds. The van der Waals surface area contributed by atoms with E-state index in [9.17, 15) is 28.8 Å². The number of ether oxygens (including phenoxy) is 2. The van der Waals surface area contributed by atoms with Gasteiger partial charge in [-0.25, -0.2) is 0 Å². The van der Waals surface area contributed by atoms with Crippen molar-refractivity contribution >= 4 is 35.4 Å². The Morgan fingerprint density at radius 3 is 2.19 bits per heavy atom. The molecule has 1 aliphatic rings. The maximum Gasteiger partial charge on any atom is 0.253 e. The highest BCUT2D eigenvalue weighted by Crippen LogP contribution is 2.03. The molecular weight excluding hydrogens is 426 g/mol. The van der Waals surface area contributed by atoms with Crippen LogP contribution in [0.5, 0.6) is 0 Å². The van der Waals surface area contributed by atoms with E-state index in [-0.39, 0.29) is 70.7 Å². The van der Waals surface area contributed by atoms with Crippen LogP contribution in [0.3, 0.4) is 0 Å². The van der Waals surface area contributed by atoms with Crippen molar-refractivity contribution in [1.29, 1.82) is 0 Å². The minimum absolute atomic E-state index is 0.00968. The van der Waals surface area contributed by atoms with Gasteiger partial charge >= 0.3 is 0 Å². The first-order valence-electron chi connectivity index (χ1n) is 10.0. The molecule has 0 aliphatic carbocycles. The third-order valence-corrected chi connectivity index (χ3v) is 4.08. The third-order valence-electron chi connectivity index (χ3n) is 4.08. The maximum absolute atomic E-state index is 11.7. The summed E-state index contributed by atoms with van der Waals surface area (Å²) in [7, 11) is 0. The van der Waals surface area contributed by atoms with Gasteiger partial charge in [-0.3, -0.25) is 33.7 Å². The van der Waals surface area contributed by atoms with Gasteiger partial charge in [-0.1, -0.05) is 0 Å². The monoisotopic (exact) mass is 455 g/mol. The smallest absolute Gasteiger partial charge is 0.253 e. The minimum Gasteiger partial charge on any atom is -0.379 e. The molecule has 0 aromatic heterocycles. The fraction of sp³-hybridized carbons (Fsp3) is 0.579. The number of carbonyl (C=O) groups is 6. The Hall–Kier alpha value is -3.32. The first kappa shape index (κ1) is 26.7. The van der Waals surface area contributed by atoms with Crippen molar-refractivity contribution in [2.24, 2.45) is 5.73 Å². The Morgan fingerprint density at radius 2 is 1.56 bits per heavy atom. The number of hydrogen-bond donors (Lipinski definition) is 4. The molecule has 1 heterocycles. The molecule has 0 bridgehead atoms. The lowest BCUT2D eigenvalue weighted by molar-refractivity contribution is -0.137. The van der Waals surface area contributed by atoms with E-state index in [1.165, 1.54) is 6.92 Å². The second kappa shape index (κ2) is 14.6. The van der Waals surface area contributed by atoms with Gasteiger partial charge in [-0.2, -0.15) is 0 Å². The van der Waals surface area contributed by atoms with Gasteiger partial charge in [0, 0.05) is 38.1 Å². The van der Waals surface area contributed by atoms with Gasteiger partial charge in [0.25, 0.3) is 11.8 Å². The Morgan fingerprint density at radius 1 is 0.938 bits per heavy atom. The Kier molecular flexibility index (Phi) is 12.2. The molecule has 0 aromatic rings. The summed E-state index contributed by atoms with van der Waals surface area (Å²) in [6.07, 6.45) is 2.38. The second-order valence-corrected chi connectivity index (χ2v) is 6.71. The van der Waals surface area contributed by atoms with E-state index in [4.69, 9.17) is 15.2 Å². The van der Waals surface area contributed by atoms with E-state index in [0.29, 0.717) is 0 Å². The van der Waals surface area contributed by atoms with Crippen molar-refractivity contribution in [1.82, 2.24) is 20.9 Å². The van der Waals surface area contributed by atoms with Crippen molar-refractivity contribution in [2.75, 3.05) is 46.1 Å². The molecule has 13 heteroatoms. The largest absolute Gasteiger partial charge is 0.379 e. The summed E-state index contributed by atoms with van der Waals surface area (Å²) in [5.41, 5.74) is 4.92. The molecule has 1 atom stereocenters. The zero-order valence-corrected chi connectivity index (χ0v) is 17.9. The average molecular weight is 455 g/mol. The van der Waals surface area contributed by atoms with E-state index < -0.39 is 29.7 Å². The van der Waals surface area contributed by atoms with Crippen LogP contribution in [0.1, 0.15) is 19.8 Å². The van der Waals surface area contributed by atoms with Gasteiger partial charge in [0.2, 0.25) is 23.6 Å². The molecule has 0 saturated heterocycles. The van der Waals surface area contributed by atoms with Gasteiger partial charge in [-0.05, 0) is 6.92 Å². The van der Waals surface area contributed by atoms with E-state index in [1.807, 2.05) is 0 Å². The predicted molar refractivity (Wildman–Crippen MR) is 110 cm³/mol. The Bertz CT molecular complexity index is 721. The highest BCUT2D eigenvalue weighted by Gasteiger charge is 2.23. The van der Waals surface area contributed by atoms with Gasteiger partial charge < -0.3 is 31.2 Å². The van der Waals surface area contributed by atoms with Crippen LogP contribution in [-0.2, 0) is 38.2 Å². The molecule has 32 heavy (non-hydrogen) atoms. The molecule has 5 N–H and O–H groups in total. The van der Waals surface area contributed by atoms with Crippen LogP contribution in [0.25, 0.3) is 0 Å². The van der Waals surface area contributed by atoms with Crippen LogP contribution < -0.4 is 21.7 Å². The molecule has 0 aromatic carbocycles. The second-order valence-electron chi connectivity index (χ2n) is 6.71. The number of nitrogens with one attached hydrogen (secondary N) is 3. The van der Waals surface area contributed by atoms with Crippen molar-refractivity contribution in [3.05, 3.63) is 12.2 Å². The maximum atomic E-state index is 11.7. The fourth-order valence-corrected chi connectivity index (χ4v) is 2.41. The van der Waals surface area contributed by atoms with Crippen molar-refractivity contribution in [3.63, 3.8) is 0 Å². The van der Waals surface area contributed by atoms with Crippen LogP contribution in [-0.4, -0.2) is 92.4 Å². The van der Waals surface area contributed by atoms with Gasteiger partial charge in [0.15, 0.2) is 0 Å². The van der Waals surface area contributed by atoms with Crippen LogP contribution in [0, 0.1) is 0 Å². The zero-order chi connectivity index (χ0) is 23.9.